The van der Waals surface area contributed by atoms with E-state index in [0.29, 0.717) is 24.7 Å². The molecule has 25 heavy (non-hydrogen) atoms. The number of para-hydroxylation sites is 1. The lowest BCUT2D eigenvalue weighted by molar-refractivity contribution is 0.284. The maximum Gasteiger partial charge on any atom is 0.161 e. The van der Waals surface area contributed by atoms with E-state index in [2.05, 4.69) is 5.32 Å². The van der Waals surface area contributed by atoms with Crippen molar-refractivity contribution < 1.29 is 13.9 Å². The van der Waals surface area contributed by atoms with Crippen molar-refractivity contribution in [3.05, 3.63) is 89.7 Å². The van der Waals surface area contributed by atoms with Gasteiger partial charge in [-0.15, -0.1) is 0 Å². The predicted octanol–water partition coefficient (Wildman–Crippen LogP) is 5.03. The summed E-state index contributed by atoms with van der Waals surface area (Å²) < 4.78 is 24.2. The molecule has 0 saturated carbocycles. The number of hydrogen-bond acceptors (Lipinski definition) is 3. The molecule has 3 aromatic carbocycles. The Bertz CT molecular complexity index is 804. The SMILES string of the molecule is COc1cc(CNc2ccccc2)ccc1OCc1ccc(F)cc1. The highest BCUT2D eigenvalue weighted by molar-refractivity contribution is 5.46. The molecule has 3 aromatic rings. The Morgan fingerprint density at radius 2 is 1.56 bits per heavy atom. The van der Waals surface area contributed by atoms with Gasteiger partial charge in [-0.05, 0) is 47.5 Å². The van der Waals surface area contributed by atoms with Gasteiger partial charge >= 0.3 is 0 Å². The van der Waals surface area contributed by atoms with Crippen LogP contribution in [0.5, 0.6) is 11.5 Å². The van der Waals surface area contributed by atoms with E-state index in [4.69, 9.17) is 9.47 Å². The second-order valence-corrected chi connectivity index (χ2v) is 5.62. The molecule has 3 nitrogen and oxygen atoms in total. The first kappa shape index (κ1) is 16.8. The fraction of sp³-hybridized carbons (Fsp3) is 0.143. The lowest BCUT2D eigenvalue weighted by Gasteiger charge is -2.13. The number of ether oxygens (including phenoxy) is 2. The van der Waals surface area contributed by atoms with Crippen LogP contribution >= 0.6 is 0 Å². The monoisotopic (exact) mass is 337 g/mol. The van der Waals surface area contributed by atoms with Crippen LogP contribution in [0.3, 0.4) is 0 Å². The van der Waals surface area contributed by atoms with Crippen LogP contribution in [0, 0.1) is 5.82 Å². The summed E-state index contributed by atoms with van der Waals surface area (Å²) in [5.41, 5.74) is 3.06. The van der Waals surface area contributed by atoms with Crippen LogP contribution < -0.4 is 14.8 Å². The van der Waals surface area contributed by atoms with E-state index in [9.17, 15) is 4.39 Å². The number of rotatable bonds is 7. The minimum Gasteiger partial charge on any atom is -0.493 e. The normalized spacial score (nSPS) is 10.3. The lowest BCUT2D eigenvalue weighted by atomic mass is 10.2. The predicted molar refractivity (Wildman–Crippen MR) is 97.5 cm³/mol. The Morgan fingerprint density at radius 1 is 0.840 bits per heavy atom. The fourth-order valence-corrected chi connectivity index (χ4v) is 2.44. The molecule has 1 N–H and O–H groups in total. The van der Waals surface area contributed by atoms with Crippen molar-refractivity contribution in [2.75, 3.05) is 12.4 Å². The number of anilines is 1. The first-order valence-corrected chi connectivity index (χ1v) is 8.07. The van der Waals surface area contributed by atoms with Crippen molar-refractivity contribution in [1.82, 2.24) is 0 Å². The molecule has 0 atom stereocenters. The van der Waals surface area contributed by atoms with Crippen LogP contribution in [0.25, 0.3) is 0 Å². The van der Waals surface area contributed by atoms with Crippen LogP contribution in [0.4, 0.5) is 10.1 Å². The molecule has 0 heterocycles. The average molecular weight is 337 g/mol. The Morgan fingerprint density at radius 3 is 2.28 bits per heavy atom. The molecule has 0 amide bonds. The minimum absolute atomic E-state index is 0.253. The highest BCUT2D eigenvalue weighted by Gasteiger charge is 2.06. The summed E-state index contributed by atoms with van der Waals surface area (Å²) in [6.45, 7) is 1.05. The van der Waals surface area contributed by atoms with Crippen molar-refractivity contribution in [2.45, 2.75) is 13.2 Å². The van der Waals surface area contributed by atoms with Crippen molar-refractivity contribution in [3.8, 4) is 11.5 Å². The summed E-state index contributed by atoms with van der Waals surface area (Å²) in [5, 5.41) is 3.36. The van der Waals surface area contributed by atoms with E-state index in [-0.39, 0.29) is 5.82 Å². The van der Waals surface area contributed by atoms with Gasteiger partial charge in [-0.25, -0.2) is 4.39 Å². The van der Waals surface area contributed by atoms with Gasteiger partial charge in [0.2, 0.25) is 0 Å². The van der Waals surface area contributed by atoms with Crippen molar-refractivity contribution in [2.24, 2.45) is 0 Å². The minimum atomic E-state index is -0.253. The Labute approximate surface area is 147 Å². The van der Waals surface area contributed by atoms with E-state index < -0.39 is 0 Å². The largest absolute Gasteiger partial charge is 0.493 e. The van der Waals surface area contributed by atoms with E-state index in [1.807, 2.05) is 48.5 Å². The molecule has 0 fully saturated rings. The zero-order valence-corrected chi connectivity index (χ0v) is 14.0. The van der Waals surface area contributed by atoms with E-state index >= 15 is 0 Å². The Hall–Kier alpha value is -3.01. The van der Waals surface area contributed by atoms with Crippen LogP contribution in [0.2, 0.25) is 0 Å². The molecule has 0 aliphatic heterocycles. The van der Waals surface area contributed by atoms with Gasteiger partial charge in [0, 0.05) is 12.2 Å². The average Bonchev–Trinajstić information content (AvgIpc) is 2.67. The zero-order chi connectivity index (χ0) is 17.5. The molecule has 0 aromatic heterocycles. The van der Waals surface area contributed by atoms with Crippen molar-refractivity contribution in [3.63, 3.8) is 0 Å². The molecule has 0 saturated heterocycles. The van der Waals surface area contributed by atoms with Gasteiger partial charge in [0.25, 0.3) is 0 Å². The summed E-state index contributed by atoms with van der Waals surface area (Å²) in [4.78, 5) is 0. The first-order valence-electron chi connectivity index (χ1n) is 8.07. The second kappa shape index (κ2) is 8.20. The van der Waals surface area contributed by atoms with Crippen molar-refractivity contribution in [1.29, 1.82) is 0 Å². The number of halogens is 1. The van der Waals surface area contributed by atoms with Gasteiger partial charge < -0.3 is 14.8 Å². The van der Waals surface area contributed by atoms with Gasteiger partial charge in [0.1, 0.15) is 12.4 Å². The van der Waals surface area contributed by atoms with Crippen LogP contribution in [0.1, 0.15) is 11.1 Å². The van der Waals surface area contributed by atoms with E-state index in [1.165, 1.54) is 12.1 Å². The van der Waals surface area contributed by atoms with Gasteiger partial charge in [0.15, 0.2) is 11.5 Å². The van der Waals surface area contributed by atoms with Crippen LogP contribution in [-0.4, -0.2) is 7.11 Å². The highest BCUT2D eigenvalue weighted by atomic mass is 19.1. The van der Waals surface area contributed by atoms with Gasteiger partial charge in [0.05, 0.1) is 7.11 Å². The summed E-state index contributed by atoms with van der Waals surface area (Å²) in [6.07, 6.45) is 0. The van der Waals surface area contributed by atoms with E-state index in [0.717, 1.165) is 16.8 Å². The molecular formula is C21H20FNO2. The molecular weight excluding hydrogens is 317 g/mol. The van der Waals surface area contributed by atoms with Gasteiger partial charge in [-0.3, -0.25) is 0 Å². The van der Waals surface area contributed by atoms with E-state index in [1.54, 1.807) is 19.2 Å². The molecule has 0 aliphatic carbocycles. The molecule has 0 unspecified atom stereocenters. The molecule has 0 radical (unpaired) electrons. The summed E-state index contributed by atoms with van der Waals surface area (Å²) in [6, 6.07) is 22.1. The summed E-state index contributed by atoms with van der Waals surface area (Å²) in [7, 11) is 1.62. The molecule has 4 heteroatoms. The maximum atomic E-state index is 12.9. The topological polar surface area (TPSA) is 30.5 Å². The smallest absolute Gasteiger partial charge is 0.161 e. The third-order valence-corrected chi connectivity index (χ3v) is 3.81. The highest BCUT2D eigenvalue weighted by Crippen LogP contribution is 2.29. The molecule has 0 bridgehead atoms. The number of hydrogen-bond donors (Lipinski definition) is 1. The Kier molecular flexibility index (Phi) is 5.52. The lowest BCUT2D eigenvalue weighted by Crippen LogP contribution is -2.01. The molecule has 128 valence electrons. The maximum absolute atomic E-state index is 12.9. The van der Waals surface area contributed by atoms with Crippen LogP contribution in [-0.2, 0) is 13.2 Å². The van der Waals surface area contributed by atoms with Crippen molar-refractivity contribution >= 4 is 5.69 Å². The van der Waals surface area contributed by atoms with Gasteiger partial charge in [-0.1, -0.05) is 36.4 Å². The molecule has 0 aliphatic rings. The van der Waals surface area contributed by atoms with Crippen LogP contribution in [0.15, 0.2) is 72.8 Å². The molecule has 3 rings (SSSR count). The third-order valence-electron chi connectivity index (χ3n) is 3.81. The number of benzene rings is 3. The standard InChI is InChI=1S/C21H20FNO2/c1-24-21-13-17(14-23-19-5-3-2-4-6-19)9-12-20(21)25-15-16-7-10-18(22)11-8-16/h2-13,23H,14-15H2,1H3. The second-order valence-electron chi connectivity index (χ2n) is 5.62. The zero-order valence-electron chi connectivity index (χ0n) is 14.0. The number of methoxy groups -OCH3 is 1. The summed E-state index contributed by atoms with van der Waals surface area (Å²) in [5.74, 6) is 1.08. The first-order chi connectivity index (χ1) is 12.2. The van der Waals surface area contributed by atoms with Gasteiger partial charge in [-0.2, -0.15) is 0 Å². The fourth-order valence-electron chi connectivity index (χ4n) is 2.44. The summed E-state index contributed by atoms with van der Waals surface area (Å²) >= 11 is 0. The quantitative estimate of drug-likeness (QED) is 0.656. The number of nitrogens with one attached hydrogen (secondary N) is 1. The third kappa shape index (κ3) is 4.73. The Balaban J connectivity index is 1.63. The molecule has 0 spiro atoms.